The standard InChI is InChI=1S/C13H19N3O5.ClH/c1-20-9-8-14-6-7-15-13(17)10-21-12-5-3-2-4-11(12)16(18)19;/h2-5,14H,6-10H2,1H3,(H,15,17);1H. The number of methoxy groups -OCH3 is 1. The molecular weight excluding hydrogens is 314 g/mol. The van der Waals surface area contributed by atoms with Crippen LogP contribution in [-0.4, -0.2) is 50.8 Å². The Bertz CT molecular complexity index is 473. The number of halogens is 1. The van der Waals surface area contributed by atoms with Gasteiger partial charge in [0, 0.05) is 32.8 Å². The van der Waals surface area contributed by atoms with Crippen LogP contribution in [0.1, 0.15) is 0 Å². The van der Waals surface area contributed by atoms with Gasteiger partial charge in [0.2, 0.25) is 0 Å². The molecule has 0 saturated carbocycles. The van der Waals surface area contributed by atoms with Crippen molar-refractivity contribution < 1.29 is 19.2 Å². The number of hydrogen-bond donors (Lipinski definition) is 2. The van der Waals surface area contributed by atoms with E-state index in [1.165, 1.54) is 18.2 Å². The third-order valence-electron chi connectivity index (χ3n) is 2.53. The summed E-state index contributed by atoms with van der Waals surface area (Å²) in [5.41, 5.74) is -0.161. The van der Waals surface area contributed by atoms with Crippen LogP contribution >= 0.6 is 12.4 Å². The van der Waals surface area contributed by atoms with Gasteiger partial charge >= 0.3 is 5.69 Å². The Morgan fingerprint density at radius 3 is 2.68 bits per heavy atom. The van der Waals surface area contributed by atoms with Gasteiger partial charge in [-0.2, -0.15) is 0 Å². The first kappa shape index (κ1) is 20.1. The Balaban J connectivity index is 0.00000441. The Hall–Kier alpha value is -1.90. The molecule has 8 nitrogen and oxygen atoms in total. The molecule has 0 heterocycles. The van der Waals surface area contributed by atoms with Crippen LogP contribution in [-0.2, 0) is 9.53 Å². The Labute approximate surface area is 134 Å². The second-order valence-corrected chi connectivity index (χ2v) is 4.11. The molecular formula is C13H20ClN3O5. The Morgan fingerprint density at radius 2 is 2.00 bits per heavy atom. The summed E-state index contributed by atoms with van der Waals surface area (Å²) in [6.07, 6.45) is 0. The Kier molecular flexibility index (Phi) is 10.7. The number of benzene rings is 1. The van der Waals surface area contributed by atoms with Crippen molar-refractivity contribution in [1.29, 1.82) is 0 Å². The lowest BCUT2D eigenvalue weighted by Gasteiger charge is -2.08. The zero-order chi connectivity index (χ0) is 15.5. The number of rotatable bonds is 10. The SMILES string of the molecule is COCCNCCNC(=O)COc1ccccc1[N+](=O)[O-].Cl. The molecule has 0 saturated heterocycles. The van der Waals surface area contributed by atoms with Gasteiger partial charge in [-0.25, -0.2) is 0 Å². The van der Waals surface area contributed by atoms with Crippen LogP contribution in [0.4, 0.5) is 5.69 Å². The van der Waals surface area contributed by atoms with Crippen LogP contribution in [0.25, 0.3) is 0 Å². The molecule has 0 radical (unpaired) electrons. The van der Waals surface area contributed by atoms with E-state index in [0.29, 0.717) is 26.2 Å². The highest BCUT2D eigenvalue weighted by atomic mass is 35.5. The van der Waals surface area contributed by atoms with Crippen LogP contribution in [0.2, 0.25) is 0 Å². The Morgan fingerprint density at radius 1 is 1.27 bits per heavy atom. The summed E-state index contributed by atoms with van der Waals surface area (Å²) in [7, 11) is 1.61. The minimum atomic E-state index is -0.549. The number of carbonyl (C=O) groups is 1. The third kappa shape index (κ3) is 7.77. The number of hydrogen-bond acceptors (Lipinski definition) is 6. The molecule has 1 amide bonds. The predicted molar refractivity (Wildman–Crippen MR) is 83.6 cm³/mol. The summed E-state index contributed by atoms with van der Waals surface area (Å²) in [6, 6.07) is 5.93. The predicted octanol–water partition coefficient (Wildman–Crippen LogP) is 0.748. The van der Waals surface area contributed by atoms with Crippen molar-refractivity contribution in [2.24, 2.45) is 0 Å². The van der Waals surface area contributed by atoms with Crippen molar-refractivity contribution in [3.05, 3.63) is 34.4 Å². The van der Waals surface area contributed by atoms with Gasteiger partial charge in [0.05, 0.1) is 11.5 Å². The zero-order valence-corrected chi connectivity index (χ0v) is 13.1. The fraction of sp³-hybridized carbons (Fsp3) is 0.462. The molecule has 0 aromatic heterocycles. The lowest BCUT2D eigenvalue weighted by Crippen LogP contribution is -2.35. The van der Waals surface area contributed by atoms with E-state index in [4.69, 9.17) is 9.47 Å². The molecule has 0 aliphatic rings. The molecule has 1 aromatic rings. The van der Waals surface area contributed by atoms with E-state index < -0.39 is 4.92 Å². The molecule has 2 N–H and O–H groups in total. The summed E-state index contributed by atoms with van der Waals surface area (Å²) < 4.78 is 10.0. The van der Waals surface area contributed by atoms with Crippen molar-refractivity contribution in [2.75, 3.05) is 40.0 Å². The van der Waals surface area contributed by atoms with Gasteiger partial charge < -0.3 is 20.1 Å². The topological polar surface area (TPSA) is 103 Å². The van der Waals surface area contributed by atoms with Crippen LogP contribution in [0.5, 0.6) is 5.75 Å². The quantitative estimate of drug-likeness (QED) is 0.372. The number of nitrogens with zero attached hydrogens (tertiary/aromatic N) is 1. The fourth-order valence-electron chi connectivity index (χ4n) is 1.51. The minimum Gasteiger partial charge on any atom is -0.477 e. The van der Waals surface area contributed by atoms with E-state index in [2.05, 4.69) is 10.6 Å². The van der Waals surface area contributed by atoms with Gasteiger partial charge in [0.25, 0.3) is 5.91 Å². The number of carbonyl (C=O) groups excluding carboxylic acids is 1. The van der Waals surface area contributed by atoms with E-state index >= 15 is 0 Å². The first-order valence-electron chi connectivity index (χ1n) is 6.47. The van der Waals surface area contributed by atoms with E-state index in [9.17, 15) is 14.9 Å². The summed E-state index contributed by atoms with van der Waals surface area (Å²) in [5, 5.41) is 16.5. The summed E-state index contributed by atoms with van der Waals surface area (Å²) in [6.45, 7) is 2.11. The highest BCUT2D eigenvalue weighted by Crippen LogP contribution is 2.25. The van der Waals surface area contributed by atoms with Gasteiger partial charge in [-0.3, -0.25) is 14.9 Å². The van der Waals surface area contributed by atoms with Crippen LogP contribution in [0, 0.1) is 10.1 Å². The lowest BCUT2D eigenvalue weighted by atomic mass is 10.3. The van der Waals surface area contributed by atoms with Crippen molar-refractivity contribution >= 4 is 24.0 Å². The van der Waals surface area contributed by atoms with Gasteiger partial charge in [0.15, 0.2) is 12.4 Å². The highest BCUT2D eigenvalue weighted by molar-refractivity contribution is 5.85. The van der Waals surface area contributed by atoms with E-state index in [-0.39, 0.29) is 36.4 Å². The number of nitro benzene ring substituents is 1. The van der Waals surface area contributed by atoms with Crippen molar-refractivity contribution in [3.8, 4) is 5.75 Å². The fourth-order valence-corrected chi connectivity index (χ4v) is 1.51. The molecule has 0 fully saturated rings. The maximum absolute atomic E-state index is 11.5. The van der Waals surface area contributed by atoms with Gasteiger partial charge in [0.1, 0.15) is 0 Å². The average molecular weight is 334 g/mol. The first-order chi connectivity index (χ1) is 10.1. The second kappa shape index (κ2) is 11.7. The normalized spacial score (nSPS) is 9.68. The monoisotopic (exact) mass is 333 g/mol. The van der Waals surface area contributed by atoms with Gasteiger partial charge in [-0.15, -0.1) is 12.4 Å². The van der Waals surface area contributed by atoms with Crippen LogP contribution in [0.3, 0.4) is 0 Å². The molecule has 0 spiro atoms. The van der Waals surface area contributed by atoms with Crippen LogP contribution < -0.4 is 15.4 Å². The smallest absolute Gasteiger partial charge is 0.310 e. The molecule has 0 aliphatic heterocycles. The third-order valence-corrected chi connectivity index (χ3v) is 2.53. The number of amides is 1. The van der Waals surface area contributed by atoms with Crippen molar-refractivity contribution in [1.82, 2.24) is 10.6 Å². The zero-order valence-electron chi connectivity index (χ0n) is 12.2. The maximum atomic E-state index is 11.5. The summed E-state index contributed by atoms with van der Waals surface area (Å²) in [5.74, 6) is -0.252. The molecule has 1 rings (SSSR count). The second-order valence-electron chi connectivity index (χ2n) is 4.11. The number of para-hydroxylation sites is 2. The average Bonchev–Trinajstić information content (AvgIpc) is 2.49. The molecule has 0 atom stereocenters. The summed E-state index contributed by atoms with van der Waals surface area (Å²) in [4.78, 5) is 21.7. The highest BCUT2D eigenvalue weighted by Gasteiger charge is 2.14. The molecule has 9 heteroatoms. The van der Waals surface area contributed by atoms with E-state index in [1.807, 2.05) is 0 Å². The number of nitrogens with one attached hydrogen (secondary N) is 2. The van der Waals surface area contributed by atoms with E-state index in [0.717, 1.165) is 0 Å². The van der Waals surface area contributed by atoms with E-state index in [1.54, 1.807) is 13.2 Å². The number of ether oxygens (including phenoxy) is 2. The molecule has 0 bridgehead atoms. The molecule has 0 aliphatic carbocycles. The van der Waals surface area contributed by atoms with Gasteiger partial charge in [-0.1, -0.05) is 12.1 Å². The first-order valence-corrected chi connectivity index (χ1v) is 6.47. The maximum Gasteiger partial charge on any atom is 0.310 e. The minimum absolute atomic E-state index is 0. The van der Waals surface area contributed by atoms with Crippen LogP contribution in [0.15, 0.2) is 24.3 Å². The molecule has 22 heavy (non-hydrogen) atoms. The molecule has 0 unspecified atom stereocenters. The lowest BCUT2D eigenvalue weighted by molar-refractivity contribution is -0.385. The largest absolute Gasteiger partial charge is 0.477 e. The molecule has 1 aromatic carbocycles. The van der Waals surface area contributed by atoms with Gasteiger partial charge in [-0.05, 0) is 6.07 Å². The van der Waals surface area contributed by atoms with Crippen molar-refractivity contribution in [3.63, 3.8) is 0 Å². The molecule has 124 valence electrons. The van der Waals surface area contributed by atoms with Crippen molar-refractivity contribution in [2.45, 2.75) is 0 Å². The summed E-state index contributed by atoms with van der Waals surface area (Å²) >= 11 is 0. The number of nitro groups is 1.